The van der Waals surface area contributed by atoms with Crippen LogP contribution in [0.25, 0.3) is 0 Å². The second-order valence-corrected chi connectivity index (χ2v) is 7.36. The number of nitrogens with zero attached hydrogens (tertiary/aromatic N) is 1. The summed E-state index contributed by atoms with van der Waals surface area (Å²) in [6.07, 6.45) is 13.0. The van der Waals surface area contributed by atoms with Crippen molar-refractivity contribution in [2.24, 2.45) is 10.8 Å². The van der Waals surface area contributed by atoms with Gasteiger partial charge in [0.25, 0.3) is 0 Å². The number of allylic oxidation sites excluding steroid dienone is 2. The van der Waals surface area contributed by atoms with Gasteiger partial charge in [0, 0.05) is 0 Å². The van der Waals surface area contributed by atoms with Gasteiger partial charge in [0.05, 0.1) is 0 Å². The van der Waals surface area contributed by atoms with Gasteiger partial charge in [-0.25, -0.2) is 0 Å². The first kappa shape index (κ1) is 15.8. The van der Waals surface area contributed by atoms with Crippen LogP contribution in [0.5, 0.6) is 0 Å². The van der Waals surface area contributed by atoms with Gasteiger partial charge in [-0.15, -0.1) is 0 Å². The fraction of sp³-hybridized carbons (Fsp3) is 0.882. The van der Waals surface area contributed by atoms with Gasteiger partial charge in [0.15, 0.2) is 0 Å². The third kappa shape index (κ3) is 5.56. The molecule has 0 unspecified atom stereocenters. The van der Waals surface area contributed by atoms with Crippen molar-refractivity contribution in [3.63, 3.8) is 0 Å². The highest BCUT2D eigenvalue weighted by Gasteiger charge is 2.31. The molecule has 1 heterocycles. The van der Waals surface area contributed by atoms with Gasteiger partial charge in [-0.2, -0.15) is 0 Å². The molecule has 0 saturated carbocycles. The molecule has 0 aromatic rings. The van der Waals surface area contributed by atoms with E-state index >= 15 is 0 Å². The lowest BCUT2D eigenvalue weighted by molar-refractivity contribution is 0.102. The van der Waals surface area contributed by atoms with Gasteiger partial charge in [0.2, 0.25) is 0 Å². The van der Waals surface area contributed by atoms with Gasteiger partial charge >= 0.3 is 0 Å². The smallest absolute Gasteiger partial charge is 0.00165 e. The predicted molar refractivity (Wildman–Crippen MR) is 81.9 cm³/mol. The molecule has 1 nitrogen and oxygen atoms in total. The first-order chi connectivity index (χ1) is 8.37. The minimum Gasteiger partial charge on any atom is -0.306 e. The molecule has 0 N–H and O–H groups in total. The molecule has 0 aromatic heterocycles. The van der Waals surface area contributed by atoms with Crippen LogP contribution >= 0.6 is 0 Å². The molecule has 0 aromatic carbocycles. The third-order valence-electron chi connectivity index (χ3n) is 4.29. The Morgan fingerprint density at radius 3 is 2.22 bits per heavy atom. The lowest BCUT2D eigenvalue weighted by atomic mass is 9.71. The van der Waals surface area contributed by atoms with Gasteiger partial charge in [-0.1, -0.05) is 46.3 Å². The first-order valence-corrected chi connectivity index (χ1v) is 7.73. The summed E-state index contributed by atoms with van der Waals surface area (Å²) >= 11 is 0. The number of likely N-dealkylation sites (tertiary alicyclic amines) is 1. The zero-order valence-corrected chi connectivity index (χ0v) is 13.3. The molecule has 18 heavy (non-hydrogen) atoms. The Morgan fingerprint density at radius 1 is 1.11 bits per heavy atom. The molecule has 1 aliphatic heterocycles. The van der Waals surface area contributed by atoms with Crippen LogP contribution in [0, 0.1) is 10.8 Å². The van der Waals surface area contributed by atoms with Gasteiger partial charge in [-0.3, -0.25) is 0 Å². The van der Waals surface area contributed by atoms with E-state index in [0.29, 0.717) is 10.8 Å². The Kier molecular flexibility index (Phi) is 5.91. The average molecular weight is 251 g/mol. The predicted octanol–water partition coefficient (Wildman–Crippen LogP) is 4.88. The zero-order valence-electron chi connectivity index (χ0n) is 13.3. The van der Waals surface area contributed by atoms with E-state index in [0.717, 1.165) is 0 Å². The third-order valence-corrected chi connectivity index (χ3v) is 4.29. The van der Waals surface area contributed by atoms with Crippen LogP contribution in [-0.2, 0) is 0 Å². The zero-order chi connectivity index (χ0) is 13.6. The number of piperidine rings is 1. The van der Waals surface area contributed by atoms with Crippen LogP contribution in [-0.4, -0.2) is 25.0 Å². The number of hydrogen-bond donors (Lipinski definition) is 0. The molecule has 0 spiro atoms. The van der Waals surface area contributed by atoms with Crippen molar-refractivity contribution >= 4 is 0 Å². The highest BCUT2D eigenvalue weighted by Crippen LogP contribution is 2.40. The Labute approximate surface area is 115 Å². The summed E-state index contributed by atoms with van der Waals surface area (Å²) in [6.45, 7) is 11.8. The quantitative estimate of drug-likeness (QED) is 0.629. The molecular weight excluding hydrogens is 218 g/mol. The van der Waals surface area contributed by atoms with Crippen LogP contribution < -0.4 is 0 Å². The maximum atomic E-state index is 2.49. The van der Waals surface area contributed by atoms with Crippen LogP contribution in [0.4, 0.5) is 0 Å². The molecule has 0 radical (unpaired) electrons. The lowest BCUT2D eigenvalue weighted by Gasteiger charge is -2.41. The standard InChI is InChI=1S/C17H33N/c1-6-9-17(12-14-18(5)15-13-17)11-8-7-10-16(2,3)4/h7,10H,6,8-9,11-15H2,1-5H3. The fourth-order valence-corrected chi connectivity index (χ4v) is 3.07. The maximum Gasteiger partial charge on any atom is -0.00165 e. The highest BCUT2D eigenvalue weighted by molar-refractivity contribution is 4.94. The summed E-state index contributed by atoms with van der Waals surface area (Å²) in [5, 5.41) is 0. The molecule has 0 bridgehead atoms. The lowest BCUT2D eigenvalue weighted by Crippen LogP contribution is -2.37. The van der Waals surface area contributed by atoms with Gasteiger partial charge < -0.3 is 4.90 Å². The fourth-order valence-electron chi connectivity index (χ4n) is 3.07. The summed E-state index contributed by atoms with van der Waals surface area (Å²) in [7, 11) is 2.26. The Bertz CT molecular complexity index is 251. The summed E-state index contributed by atoms with van der Waals surface area (Å²) in [5.74, 6) is 0. The molecule has 1 aliphatic rings. The monoisotopic (exact) mass is 251 g/mol. The van der Waals surface area contributed by atoms with Crippen molar-refractivity contribution in [1.82, 2.24) is 4.90 Å². The number of rotatable bonds is 5. The van der Waals surface area contributed by atoms with E-state index in [2.05, 4.69) is 51.8 Å². The van der Waals surface area contributed by atoms with Crippen molar-refractivity contribution in [3.05, 3.63) is 12.2 Å². The van der Waals surface area contributed by atoms with E-state index in [1.54, 1.807) is 0 Å². The van der Waals surface area contributed by atoms with Crippen LogP contribution in [0.1, 0.15) is 66.2 Å². The van der Waals surface area contributed by atoms with Gasteiger partial charge in [0.1, 0.15) is 0 Å². The molecule has 106 valence electrons. The van der Waals surface area contributed by atoms with E-state index in [-0.39, 0.29) is 0 Å². The maximum absolute atomic E-state index is 2.49. The second-order valence-electron chi connectivity index (χ2n) is 7.36. The van der Waals surface area contributed by atoms with Crippen molar-refractivity contribution in [3.8, 4) is 0 Å². The molecule has 1 rings (SSSR count). The van der Waals surface area contributed by atoms with E-state index in [1.165, 1.54) is 51.6 Å². The minimum absolute atomic E-state index is 0.338. The second kappa shape index (κ2) is 6.75. The normalized spacial score (nSPS) is 21.6. The Hall–Kier alpha value is -0.300. The minimum atomic E-state index is 0.338. The average Bonchev–Trinajstić information content (AvgIpc) is 2.28. The Balaban J connectivity index is 2.46. The van der Waals surface area contributed by atoms with Crippen LogP contribution in [0.2, 0.25) is 0 Å². The van der Waals surface area contributed by atoms with E-state index in [1.807, 2.05) is 0 Å². The SMILES string of the molecule is CCCC1(CCC=CC(C)(C)C)CCN(C)CC1. The molecule has 1 fully saturated rings. The molecule has 0 amide bonds. The summed E-state index contributed by atoms with van der Waals surface area (Å²) < 4.78 is 0. The van der Waals surface area contributed by atoms with E-state index < -0.39 is 0 Å². The topological polar surface area (TPSA) is 3.24 Å². The van der Waals surface area contributed by atoms with Gasteiger partial charge in [-0.05, 0) is 63.1 Å². The molecular formula is C17H33N. The van der Waals surface area contributed by atoms with E-state index in [4.69, 9.17) is 0 Å². The summed E-state index contributed by atoms with van der Waals surface area (Å²) in [4.78, 5) is 2.49. The largest absolute Gasteiger partial charge is 0.306 e. The first-order valence-electron chi connectivity index (χ1n) is 7.73. The highest BCUT2D eigenvalue weighted by atomic mass is 15.1. The molecule has 0 aliphatic carbocycles. The molecule has 0 atom stereocenters. The number of hydrogen-bond acceptors (Lipinski definition) is 1. The van der Waals surface area contributed by atoms with Crippen molar-refractivity contribution in [2.75, 3.05) is 20.1 Å². The van der Waals surface area contributed by atoms with Crippen molar-refractivity contribution in [1.29, 1.82) is 0 Å². The Morgan fingerprint density at radius 2 is 1.72 bits per heavy atom. The summed E-state index contributed by atoms with van der Waals surface area (Å²) in [6, 6.07) is 0. The van der Waals surface area contributed by atoms with Crippen LogP contribution in [0.3, 0.4) is 0 Å². The summed E-state index contributed by atoms with van der Waals surface area (Å²) in [5.41, 5.74) is 0.980. The van der Waals surface area contributed by atoms with Crippen molar-refractivity contribution < 1.29 is 0 Å². The van der Waals surface area contributed by atoms with Crippen LogP contribution in [0.15, 0.2) is 12.2 Å². The van der Waals surface area contributed by atoms with E-state index in [9.17, 15) is 0 Å². The van der Waals surface area contributed by atoms with Crippen molar-refractivity contribution in [2.45, 2.75) is 66.2 Å². The molecule has 1 saturated heterocycles. The molecule has 1 heteroatoms.